The van der Waals surface area contributed by atoms with E-state index in [0.29, 0.717) is 13.0 Å². The van der Waals surface area contributed by atoms with Gasteiger partial charge in [-0.2, -0.15) is 12.6 Å². The Bertz CT molecular complexity index is 219. The first-order valence-corrected chi connectivity index (χ1v) is 9.71. The molecule has 0 radical (unpaired) electrons. The lowest BCUT2D eigenvalue weighted by Gasteiger charge is -2.03. The topological polar surface area (TPSA) is 26.3 Å². The van der Waals surface area contributed by atoms with Crippen LogP contribution in [0.5, 0.6) is 0 Å². The Balaban J connectivity index is 3.01. The van der Waals surface area contributed by atoms with Crippen LogP contribution in [0.25, 0.3) is 0 Å². The van der Waals surface area contributed by atoms with Crippen LogP contribution in [0.4, 0.5) is 0 Å². The minimum absolute atomic E-state index is 0.0353. The van der Waals surface area contributed by atoms with E-state index >= 15 is 0 Å². The Labute approximate surface area is 137 Å². The van der Waals surface area contributed by atoms with Crippen molar-refractivity contribution in [1.29, 1.82) is 0 Å². The molecule has 126 valence electrons. The molecule has 21 heavy (non-hydrogen) atoms. The second-order valence-corrected chi connectivity index (χ2v) is 6.32. The fourth-order valence-electron chi connectivity index (χ4n) is 2.56. The number of carbonyl (C=O) groups is 1. The number of unbranched alkanes of at least 4 members (excludes halogenated alkanes) is 12. The fourth-order valence-corrected chi connectivity index (χ4v) is 2.78. The molecule has 0 aliphatic rings. The van der Waals surface area contributed by atoms with Crippen molar-refractivity contribution in [3.05, 3.63) is 0 Å². The maximum absolute atomic E-state index is 11.1. The Morgan fingerprint density at radius 1 is 0.714 bits per heavy atom. The van der Waals surface area contributed by atoms with Crippen molar-refractivity contribution in [2.45, 2.75) is 96.8 Å². The van der Waals surface area contributed by atoms with Crippen molar-refractivity contribution in [1.82, 2.24) is 0 Å². The quantitative estimate of drug-likeness (QED) is 0.217. The van der Waals surface area contributed by atoms with Crippen LogP contribution in [-0.4, -0.2) is 18.3 Å². The van der Waals surface area contributed by atoms with Gasteiger partial charge in [-0.3, -0.25) is 4.79 Å². The zero-order valence-corrected chi connectivity index (χ0v) is 15.0. The molecule has 0 atom stereocenters. The summed E-state index contributed by atoms with van der Waals surface area (Å²) in [6.45, 7) is 2.37. The Morgan fingerprint density at radius 2 is 1.10 bits per heavy atom. The molecule has 0 saturated heterocycles. The van der Waals surface area contributed by atoms with E-state index in [0.717, 1.165) is 12.2 Å². The SMILES string of the molecule is CCOC(=O)CCCCCCCCCCCCCCCS. The van der Waals surface area contributed by atoms with Crippen LogP contribution in [0, 0.1) is 0 Å². The number of rotatable bonds is 16. The second kappa shape index (κ2) is 17.9. The zero-order valence-electron chi connectivity index (χ0n) is 14.1. The fraction of sp³-hybridized carbons (Fsp3) is 0.944. The zero-order chi connectivity index (χ0) is 15.6. The number of carbonyl (C=O) groups excluding carboxylic acids is 1. The number of hydrogen-bond donors (Lipinski definition) is 1. The summed E-state index contributed by atoms with van der Waals surface area (Å²) in [4.78, 5) is 11.1. The van der Waals surface area contributed by atoms with Gasteiger partial charge in [0.25, 0.3) is 0 Å². The molecule has 0 unspecified atom stereocenters. The predicted molar refractivity (Wildman–Crippen MR) is 95.1 cm³/mol. The number of thiol groups is 1. The third kappa shape index (κ3) is 17.8. The molecule has 0 spiro atoms. The minimum atomic E-state index is -0.0353. The number of ether oxygens (including phenoxy) is 1. The molecule has 0 saturated carbocycles. The molecular weight excluding hydrogens is 280 g/mol. The third-order valence-electron chi connectivity index (χ3n) is 3.84. The highest BCUT2D eigenvalue weighted by Crippen LogP contribution is 2.13. The van der Waals surface area contributed by atoms with Crippen LogP contribution in [0.1, 0.15) is 96.8 Å². The van der Waals surface area contributed by atoms with Crippen molar-refractivity contribution < 1.29 is 9.53 Å². The van der Waals surface area contributed by atoms with Crippen LogP contribution in [-0.2, 0) is 9.53 Å². The molecule has 0 N–H and O–H groups in total. The van der Waals surface area contributed by atoms with Crippen LogP contribution in [0.3, 0.4) is 0 Å². The standard InChI is InChI=1S/C18H36O2S/c1-2-20-18(19)16-14-12-10-8-6-4-3-5-7-9-11-13-15-17-21/h21H,2-17H2,1H3. The highest BCUT2D eigenvalue weighted by Gasteiger charge is 2.00. The highest BCUT2D eigenvalue weighted by molar-refractivity contribution is 7.80. The van der Waals surface area contributed by atoms with E-state index in [1.54, 1.807) is 0 Å². The van der Waals surface area contributed by atoms with Gasteiger partial charge in [-0.25, -0.2) is 0 Å². The predicted octanol–water partition coefficient (Wildman–Crippen LogP) is 5.94. The molecule has 0 rings (SSSR count). The van der Waals surface area contributed by atoms with E-state index < -0.39 is 0 Å². The lowest BCUT2D eigenvalue weighted by Crippen LogP contribution is -2.03. The van der Waals surface area contributed by atoms with Crippen LogP contribution in [0.2, 0.25) is 0 Å². The van der Waals surface area contributed by atoms with E-state index in [9.17, 15) is 4.79 Å². The first-order valence-electron chi connectivity index (χ1n) is 9.07. The number of hydrogen-bond acceptors (Lipinski definition) is 3. The first kappa shape index (κ1) is 20.8. The molecule has 0 amide bonds. The van der Waals surface area contributed by atoms with Crippen LogP contribution < -0.4 is 0 Å². The minimum Gasteiger partial charge on any atom is -0.466 e. The lowest BCUT2D eigenvalue weighted by atomic mass is 10.0. The van der Waals surface area contributed by atoms with Gasteiger partial charge in [0.1, 0.15) is 0 Å². The summed E-state index contributed by atoms with van der Waals surface area (Å²) in [5.74, 6) is 1.01. The summed E-state index contributed by atoms with van der Waals surface area (Å²) in [6.07, 6.45) is 17.7. The summed E-state index contributed by atoms with van der Waals surface area (Å²) < 4.78 is 4.91. The van der Waals surface area contributed by atoms with Gasteiger partial charge in [0, 0.05) is 6.42 Å². The summed E-state index contributed by atoms with van der Waals surface area (Å²) in [6, 6.07) is 0. The molecule has 0 aromatic rings. The molecule has 0 fully saturated rings. The third-order valence-corrected chi connectivity index (χ3v) is 4.16. The summed E-state index contributed by atoms with van der Waals surface area (Å²) in [5.41, 5.74) is 0. The van der Waals surface area contributed by atoms with Crippen molar-refractivity contribution in [3.63, 3.8) is 0 Å². The summed E-state index contributed by atoms with van der Waals surface area (Å²) in [7, 11) is 0. The van der Waals surface area contributed by atoms with Crippen molar-refractivity contribution >= 4 is 18.6 Å². The van der Waals surface area contributed by atoms with Gasteiger partial charge >= 0.3 is 5.97 Å². The molecule has 0 aliphatic carbocycles. The van der Waals surface area contributed by atoms with Gasteiger partial charge in [0.05, 0.1) is 6.61 Å². The lowest BCUT2D eigenvalue weighted by molar-refractivity contribution is -0.143. The van der Waals surface area contributed by atoms with Crippen LogP contribution in [0.15, 0.2) is 0 Å². The van der Waals surface area contributed by atoms with Gasteiger partial charge in [-0.1, -0.05) is 70.6 Å². The van der Waals surface area contributed by atoms with Gasteiger partial charge in [-0.15, -0.1) is 0 Å². The van der Waals surface area contributed by atoms with Gasteiger partial charge in [0.2, 0.25) is 0 Å². The van der Waals surface area contributed by atoms with Crippen molar-refractivity contribution in [3.8, 4) is 0 Å². The molecule has 0 heterocycles. The van der Waals surface area contributed by atoms with Gasteiger partial charge in [0.15, 0.2) is 0 Å². The molecule has 2 nitrogen and oxygen atoms in total. The summed E-state index contributed by atoms with van der Waals surface area (Å²) >= 11 is 4.23. The average Bonchev–Trinajstić information content (AvgIpc) is 2.48. The van der Waals surface area contributed by atoms with Crippen molar-refractivity contribution in [2.75, 3.05) is 12.4 Å². The molecular formula is C18H36O2S. The Morgan fingerprint density at radius 3 is 1.48 bits per heavy atom. The van der Waals surface area contributed by atoms with Crippen molar-refractivity contribution in [2.24, 2.45) is 0 Å². The van der Waals surface area contributed by atoms with Crippen LogP contribution >= 0.6 is 12.6 Å². The maximum Gasteiger partial charge on any atom is 0.305 e. The summed E-state index contributed by atoms with van der Waals surface area (Å²) in [5, 5.41) is 0. The number of esters is 1. The normalized spacial score (nSPS) is 10.8. The van der Waals surface area contributed by atoms with Gasteiger partial charge in [-0.05, 0) is 25.5 Å². The largest absolute Gasteiger partial charge is 0.466 e. The first-order chi connectivity index (χ1) is 10.3. The van der Waals surface area contributed by atoms with Gasteiger partial charge < -0.3 is 4.74 Å². The average molecular weight is 317 g/mol. The smallest absolute Gasteiger partial charge is 0.305 e. The molecule has 3 heteroatoms. The highest BCUT2D eigenvalue weighted by atomic mass is 32.1. The Hall–Kier alpha value is -0.180. The molecule has 0 aromatic heterocycles. The molecule has 0 bridgehead atoms. The maximum atomic E-state index is 11.1. The second-order valence-electron chi connectivity index (χ2n) is 5.87. The van der Waals surface area contributed by atoms with E-state index in [4.69, 9.17) is 4.74 Å². The molecule has 0 aromatic carbocycles. The van der Waals surface area contributed by atoms with E-state index in [1.807, 2.05) is 6.92 Å². The monoisotopic (exact) mass is 316 g/mol. The van der Waals surface area contributed by atoms with E-state index in [1.165, 1.54) is 77.0 Å². The molecule has 0 aliphatic heterocycles. The Kier molecular flexibility index (Phi) is 17.7. The van der Waals surface area contributed by atoms with E-state index in [-0.39, 0.29) is 5.97 Å². The van der Waals surface area contributed by atoms with E-state index in [2.05, 4.69) is 12.6 Å².